The monoisotopic (exact) mass is 434 g/mol. The predicted octanol–water partition coefficient (Wildman–Crippen LogP) is 4.75. The van der Waals surface area contributed by atoms with E-state index in [9.17, 15) is 4.79 Å². The highest BCUT2D eigenvalue weighted by Gasteiger charge is 2.17. The Bertz CT molecular complexity index is 1050. The van der Waals surface area contributed by atoms with Gasteiger partial charge in [0.2, 0.25) is 5.91 Å². The Morgan fingerprint density at radius 3 is 2.61 bits per heavy atom. The number of aromatic nitrogens is 1. The number of nitrogens with one attached hydrogen (secondary N) is 1. The topological polar surface area (TPSA) is 48.5 Å². The van der Waals surface area contributed by atoms with Crippen LogP contribution in [0.15, 0.2) is 47.8 Å². The molecule has 5 nitrogen and oxygen atoms in total. The summed E-state index contributed by atoms with van der Waals surface area (Å²) < 4.78 is 0. The van der Waals surface area contributed by atoms with Gasteiger partial charge in [0.1, 0.15) is 5.01 Å². The van der Waals surface area contributed by atoms with Crippen molar-refractivity contribution in [1.82, 2.24) is 9.88 Å². The van der Waals surface area contributed by atoms with Gasteiger partial charge in [0.15, 0.2) is 0 Å². The fourth-order valence-electron chi connectivity index (χ4n) is 3.96. The Morgan fingerprint density at radius 2 is 1.90 bits per heavy atom. The molecule has 1 N–H and O–H groups in total. The molecule has 2 aromatic carbocycles. The minimum absolute atomic E-state index is 0.0338. The number of aryl methyl sites for hydroxylation is 2. The summed E-state index contributed by atoms with van der Waals surface area (Å²) in [5, 5.41) is 5.99. The van der Waals surface area contributed by atoms with Crippen molar-refractivity contribution in [3.63, 3.8) is 0 Å². The molecule has 0 atom stereocenters. The normalized spacial score (nSPS) is 14.6. The van der Waals surface area contributed by atoms with E-state index in [4.69, 9.17) is 0 Å². The first kappa shape index (κ1) is 21.5. The quantitative estimate of drug-likeness (QED) is 0.608. The molecule has 6 heteroatoms. The van der Waals surface area contributed by atoms with Crippen molar-refractivity contribution >= 4 is 28.6 Å². The van der Waals surface area contributed by atoms with Crippen molar-refractivity contribution in [2.45, 2.75) is 27.2 Å². The van der Waals surface area contributed by atoms with Crippen LogP contribution in [0.25, 0.3) is 10.6 Å². The average molecular weight is 435 g/mol. The van der Waals surface area contributed by atoms with Crippen molar-refractivity contribution in [1.29, 1.82) is 0 Å². The Hall–Kier alpha value is -2.70. The van der Waals surface area contributed by atoms with E-state index in [2.05, 4.69) is 71.2 Å². The molecule has 162 valence electrons. The van der Waals surface area contributed by atoms with Crippen molar-refractivity contribution < 1.29 is 4.79 Å². The maximum absolute atomic E-state index is 12.6. The minimum Gasteiger partial charge on any atom is -0.369 e. The third-order valence-corrected chi connectivity index (χ3v) is 6.77. The van der Waals surface area contributed by atoms with E-state index in [0.717, 1.165) is 60.2 Å². The molecule has 2 heterocycles. The van der Waals surface area contributed by atoms with Crippen molar-refractivity contribution in [2.24, 2.45) is 0 Å². The number of nitrogens with zero attached hydrogens (tertiary/aromatic N) is 3. The molecule has 31 heavy (non-hydrogen) atoms. The molecule has 0 bridgehead atoms. The van der Waals surface area contributed by atoms with Crippen LogP contribution in [0.2, 0.25) is 0 Å². The third kappa shape index (κ3) is 5.32. The average Bonchev–Trinajstić information content (AvgIpc) is 3.23. The number of thiazole rings is 1. The molecule has 0 spiro atoms. The van der Waals surface area contributed by atoms with Crippen LogP contribution in [-0.2, 0) is 11.2 Å². The molecule has 1 aromatic heterocycles. The van der Waals surface area contributed by atoms with Crippen LogP contribution in [0.4, 0.5) is 11.4 Å². The Balaban J connectivity index is 1.37. The van der Waals surface area contributed by atoms with Crippen molar-refractivity contribution in [2.75, 3.05) is 42.9 Å². The van der Waals surface area contributed by atoms with E-state index in [-0.39, 0.29) is 12.3 Å². The number of hydrogen-bond acceptors (Lipinski definition) is 5. The van der Waals surface area contributed by atoms with Crippen LogP contribution in [0.5, 0.6) is 0 Å². The first-order chi connectivity index (χ1) is 15.0. The summed E-state index contributed by atoms with van der Waals surface area (Å²) in [5.41, 5.74) is 6.30. The molecule has 1 saturated heterocycles. The Morgan fingerprint density at radius 1 is 1.10 bits per heavy atom. The Kier molecular flexibility index (Phi) is 6.68. The number of carbonyl (C=O) groups is 1. The molecular weight excluding hydrogens is 404 g/mol. The Labute approximate surface area is 188 Å². The molecule has 0 radical (unpaired) electrons. The lowest BCUT2D eigenvalue weighted by atomic mass is 10.1. The number of piperazine rings is 1. The van der Waals surface area contributed by atoms with E-state index < -0.39 is 0 Å². The predicted molar refractivity (Wildman–Crippen MR) is 130 cm³/mol. The van der Waals surface area contributed by atoms with Crippen molar-refractivity contribution in [3.8, 4) is 10.6 Å². The zero-order valence-electron chi connectivity index (χ0n) is 18.5. The zero-order valence-corrected chi connectivity index (χ0v) is 19.3. The van der Waals surface area contributed by atoms with Gasteiger partial charge >= 0.3 is 0 Å². The summed E-state index contributed by atoms with van der Waals surface area (Å²) in [6.45, 7) is 11.8. The lowest BCUT2D eigenvalue weighted by Crippen LogP contribution is -2.46. The van der Waals surface area contributed by atoms with E-state index in [1.54, 1.807) is 11.3 Å². The van der Waals surface area contributed by atoms with Gasteiger partial charge in [-0.05, 0) is 50.2 Å². The molecule has 3 aromatic rings. The lowest BCUT2D eigenvalue weighted by Gasteiger charge is -2.35. The van der Waals surface area contributed by atoms with Gasteiger partial charge in [0.25, 0.3) is 0 Å². The molecular formula is C25H30N4OS. The maximum Gasteiger partial charge on any atom is 0.230 e. The van der Waals surface area contributed by atoms with Crippen LogP contribution in [0, 0.1) is 13.8 Å². The van der Waals surface area contributed by atoms with E-state index in [1.165, 1.54) is 11.3 Å². The molecule has 4 rings (SSSR count). The summed E-state index contributed by atoms with van der Waals surface area (Å²) in [6.07, 6.45) is 0.280. The zero-order chi connectivity index (χ0) is 21.8. The highest BCUT2D eigenvalue weighted by molar-refractivity contribution is 7.13. The van der Waals surface area contributed by atoms with E-state index in [1.807, 2.05) is 17.5 Å². The van der Waals surface area contributed by atoms with Gasteiger partial charge < -0.3 is 15.1 Å². The first-order valence-electron chi connectivity index (χ1n) is 10.9. The van der Waals surface area contributed by atoms with E-state index in [0.29, 0.717) is 0 Å². The molecule has 1 aliphatic rings. The molecule has 1 amide bonds. The number of hydrogen-bond donors (Lipinski definition) is 1. The first-order valence-corrected chi connectivity index (χ1v) is 11.8. The summed E-state index contributed by atoms with van der Waals surface area (Å²) >= 11 is 1.58. The number of benzene rings is 2. The molecule has 1 fully saturated rings. The van der Waals surface area contributed by atoms with Crippen LogP contribution in [0.1, 0.15) is 23.7 Å². The number of anilines is 2. The molecule has 0 aliphatic carbocycles. The lowest BCUT2D eigenvalue weighted by molar-refractivity contribution is -0.115. The van der Waals surface area contributed by atoms with Gasteiger partial charge in [-0.25, -0.2) is 4.98 Å². The van der Waals surface area contributed by atoms with Crippen LogP contribution in [0.3, 0.4) is 0 Å². The largest absolute Gasteiger partial charge is 0.369 e. The summed E-state index contributed by atoms with van der Waals surface area (Å²) in [6, 6.07) is 14.6. The number of carbonyl (C=O) groups excluding carboxylic acids is 1. The summed E-state index contributed by atoms with van der Waals surface area (Å²) in [5.74, 6) is -0.0338. The second-order valence-corrected chi connectivity index (χ2v) is 9.02. The van der Waals surface area contributed by atoms with Crippen LogP contribution in [-0.4, -0.2) is 48.5 Å². The third-order valence-electron chi connectivity index (χ3n) is 5.83. The highest BCUT2D eigenvalue weighted by atomic mass is 32.1. The van der Waals surface area contributed by atoms with Gasteiger partial charge in [0, 0.05) is 48.5 Å². The molecule has 0 unspecified atom stereocenters. The van der Waals surface area contributed by atoms with Gasteiger partial charge in [0.05, 0.1) is 12.1 Å². The highest BCUT2D eigenvalue weighted by Crippen LogP contribution is 2.26. The van der Waals surface area contributed by atoms with Gasteiger partial charge in [-0.2, -0.15) is 0 Å². The van der Waals surface area contributed by atoms with Gasteiger partial charge in [-0.1, -0.05) is 30.7 Å². The number of likely N-dealkylation sites (N-methyl/N-ethyl adjacent to an activating group) is 1. The SMILES string of the molecule is CCN1CCN(c2ccc(NC(=O)Cc3csc(-c4cccc(C)c4)n3)c(C)c2)CC1. The number of rotatable bonds is 6. The number of amides is 1. The fourth-order valence-corrected chi connectivity index (χ4v) is 4.78. The minimum atomic E-state index is -0.0338. The van der Waals surface area contributed by atoms with Gasteiger partial charge in [-0.15, -0.1) is 11.3 Å². The maximum atomic E-state index is 12.6. The summed E-state index contributed by atoms with van der Waals surface area (Å²) in [4.78, 5) is 22.2. The fraction of sp³-hybridized carbons (Fsp3) is 0.360. The smallest absolute Gasteiger partial charge is 0.230 e. The standard InChI is InChI=1S/C25H30N4OS/c1-4-28-10-12-29(13-11-28)22-8-9-23(19(3)15-22)27-24(30)16-21-17-31-25(26-21)20-7-5-6-18(2)14-20/h5-9,14-15,17H,4,10-13,16H2,1-3H3,(H,27,30). The summed E-state index contributed by atoms with van der Waals surface area (Å²) in [7, 11) is 0. The van der Waals surface area contributed by atoms with Crippen LogP contribution < -0.4 is 10.2 Å². The van der Waals surface area contributed by atoms with E-state index >= 15 is 0 Å². The molecule has 1 aliphatic heterocycles. The second-order valence-electron chi connectivity index (χ2n) is 8.16. The molecule has 0 saturated carbocycles. The van der Waals surface area contributed by atoms with Crippen LogP contribution >= 0.6 is 11.3 Å². The van der Waals surface area contributed by atoms with Gasteiger partial charge in [-0.3, -0.25) is 4.79 Å². The second kappa shape index (κ2) is 9.62. The van der Waals surface area contributed by atoms with Crippen molar-refractivity contribution in [3.05, 3.63) is 64.7 Å².